The highest BCUT2D eigenvalue weighted by molar-refractivity contribution is 5.97. The van der Waals surface area contributed by atoms with Gasteiger partial charge in [0.05, 0.1) is 5.69 Å². The summed E-state index contributed by atoms with van der Waals surface area (Å²) in [6.07, 6.45) is -1.32. The number of anilines is 1. The molecule has 0 atom stereocenters. The first-order chi connectivity index (χ1) is 7.88. The largest absolute Gasteiger partial charge is 0.530 e. The van der Waals surface area contributed by atoms with Gasteiger partial charge < -0.3 is 19.6 Å². The average molecular weight is 232 g/mol. The summed E-state index contributed by atoms with van der Waals surface area (Å²) in [5, 5.41) is 13.6. The van der Waals surface area contributed by atoms with Crippen molar-refractivity contribution in [1.29, 1.82) is 0 Å². The van der Waals surface area contributed by atoms with E-state index in [1.54, 1.807) is 12.1 Å². The van der Waals surface area contributed by atoms with Gasteiger partial charge in [-0.3, -0.25) is 0 Å². The molecule has 0 unspecified atom stereocenters. The van der Waals surface area contributed by atoms with Crippen LogP contribution in [-0.2, 0) is 5.41 Å². The monoisotopic (exact) mass is 232 g/mol. The van der Waals surface area contributed by atoms with Gasteiger partial charge in [-0.2, -0.15) is 0 Å². The van der Waals surface area contributed by atoms with E-state index in [0.717, 1.165) is 11.1 Å². The summed E-state index contributed by atoms with van der Waals surface area (Å²) in [5.74, 6) is 0.820. The fraction of sp³-hybridized carbons (Fsp3) is 0.308. The SMILES string of the molecule is CC(C)(C)c1cc2c(NC(=O)[O-])cccc2o1. The van der Waals surface area contributed by atoms with E-state index in [1.807, 2.05) is 32.9 Å². The number of fused-ring (bicyclic) bond motifs is 1. The van der Waals surface area contributed by atoms with Gasteiger partial charge in [0, 0.05) is 10.8 Å². The zero-order chi connectivity index (χ0) is 12.6. The van der Waals surface area contributed by atoms with E-state index < -0.39 is 6.09 Å². The summed E-state index contributed by atoms with van der Waals surface area (Å²) in [7, 11) is 0. The van der Waals surface area contributed by atoms with E-state index >= 15 is 0 Å². The minimum atomic E-state index is -1.32. The molecule has 1 aromatic heterocycles. The zero-order valence-corrected chi connectivity index (χ0v) is 10.0. The maximum Gasteiger partial charge on any atom is 0.138 e. The molecule has 17 heavy (non-hydrogen) atoms. The van der Waals surface area contributed by atoms with Crippen molar-refractivity contribution >= 4 is 22.7 Å². The highest BCUT2D eigenvalue weighted by Crippen LogP contribution is 2.32. The molecule has 0 saturated heterocycles. The normalized spacial score (nSPS) is 11.7. The molecule has 1 amide bonds. The number of hydrogen-bond acceptors (Lipinski definition) is 3. The fourth-order valence-electron chi connectivity index (χ4n) is 1.65. The van der Waals surface area contributed by atoms with Crippen LogP contribution in [0.4, 0.5) is 10.5 Å². The maximum atomic E-state index is 10.6. The van der Waals surface area contributed by atoms with Gasteiger partial charge in [0.25, 0.3) is 0 Å². The molecule has 4 nitrogen and oxygen atoms in total. The Balaban J connectivity index is 2.57. The molecule has 0 aliphatic rings. The topological polar surface area (TPSA) is 65.3 Å². The van der Waals surface area contributed by atoms with E-state index in [0.29, 0.717) is 11.3 Å². The molecule has 2 aromatic rings. The van der Waals surface area contributed by atoms with Crippen LogP contribution >= 0.6 is 0 Å². The standard InChI is InChI=1S/C13H15NO3/c1-13(2,3)11-7-8-9(14-12(15)16)5-4-6-10(8)17-11/h4-7,14H,1-3H3,(H,15,16)/p-1. The highest BCUT2D eigenvalue weighted by Gasteiger charge is 2.19. The number of carbonyl (C=O) groups excluding carboxylic acids is 1. The second-order valence-electron chi connectivity index (χ2n) is 4.99. The van der Waals surface area contributed by atoms with Crippen molar-refractivity contribution in [3.05, 3.63) is 30.0 Å². The van der Waals surface area contributed by atoms with Gasteiger partial charge in [0.2, 0.25) is 0 Å². The Labute approximate surface area is 99.2 Å². The van der Waals surface area contributed by atoms with Crippen molar-refractivity contribution in [3.63, 3.8) is 0 Å². The molecule has 1 N–H and O–H groups in total. The fourth-order valence-corrected chi connectivity index (χ4v) is 1.65. The molecule has 0 spiro atoms. The van der Waals surface area contributed by atoms with Crippen LogP contribution in [-0.4, -0.2) is 6.09 Å². The van der Waals surface area contributed by atoms with Gasteiger partial charge in [0.1, 0.15) is 17.4 Å². The van der Waals surface area contributed by atoms with Crippen LogP contribution in [0.15, 0.2) is 28.7 Å². The molecule has 0 aliphatic carbocycles. The molecule has 1 aromatic carbocycles. The van der Waals surface area contributed by atoms with Crippen LogP contribution in [0.2, 0.25) is 0 Å². The predicted molar refractivity (Wildman–Crippen MR) is 63.9 cm³/mol. The summed E-state index contributed by atoms with van der Waals surface area (Å²) in [6.45, 7) is 6.11. The van der Waals surface area contributed by atoms with E-state index in [-0.39, 0.29) is 5.41 Å². The average Bonchev–Trinajstić information content (AvgIpc) is 2.60. The van der Waals surface area contributed by atoms with Gasteiger partial charge in [0.15, 0.2) is 0 Å². The van der Waals surface area contributed by atoms with Crippen LogP contribution in [0.1, 0.15) is 26.5 Å². The Kier molecular flexibility index (Phi) is 2.58. The number of amides is 1. The van der Waals surface area contributed by atoms with E-state index in [1.165, 1.54) is 0 Å². The molecule has 0 saturated carbocycles. The molecule has 0 aliphatic heterocycles. The first-order valence-corrected chi connectivity index (χ1v) is 5.39. The highest BCUT2D eigenvalue weighted by atomic mass is 16.4. The Bertz CT molecular complexity index is 564. The second kappa shape index (κ2) is 3.80. The number of rotatable bonds is 1. The van der Waals surface area contributed by atoms with Crippen molar-refractivity contribution in [3.8, 4) is 0 Å². The lowest BCUT2D eigenvalue weighted by Crippen LogP contribution is -2.28. The number of carbonyl (C=O) groups is 1. The van der Waals surface area contributed by atoms with E-state index in [9.17, 15) is 9.90 Å². The molecule has 1 heterocycles. The number of furan rings is 1. The summed E-state index contributed by atoms with van der Waals surface area (Å²) in [5.41, 5.74) is 1.04. The van der Waals surface area contributed by atoms with Gasteiger partial charge in [-0.1, -0.05) is 26.8 Å². The third kappa shape index (κ3) is 2.25. The van der Waals surface area contributed by atoms with Crippen molar-refractivity contribution in [2.45, 2.75) is 26.2 Å². The molecule has 0 radical (unpaired) electrons. The van der Waals surface area contributed by atoms with Crippen molar-refractivity contribution < 1.29 is 14.3 Å². The summed E-state index contributed by atoms with van der Waals surface area (Å²) in [4.78, 5) is 10.6. The first-order valence-electron chi connectivity index (χ1n) is 5.39. The molecule has 90 valence electrons. The second-order valence-corrected chi connectivity index (χ2v) is 4.99. The van der Waals surface area contributed by atoms with Gasteiger partial charge in [-0.25, -0.2) is 0 Å². The summed E-state index contributed by atoms with van der Waals surface area (Å²) < 4.78 is 5.70. The molecular formula is C13H14NO3-. The number of benzene rings is 1. The lowest BCUT2D eigenvalue weighted by Gasteiger charge is -2.13. The van der Waals surface area contributed by atoms with E-state index in [4.69, 9.17) is 4.42 Å². The maximum absolute atomic E-state index is 10.6. The Morgan fingerprint density at radius 2 is 2.06 bits per heavy atom. The number of hydrogen-bond donors (Lipinski definition) is 1. The van der Waals surface area contributed by atoms with Gasteiger partial charge in [-0.15, -0.1) is 0 Å². The third-order valence-corrected chi connectivity index (χ3v) is 2.54. The predicted octanol–water partition coefficient (Wildman–Crippen LogP) is 2.49. The molecule has 0 fully saturated rings. The van der Waals surface area contributed by atoms with Crippen LogP contribution in [0.5, 0.6) is 0 Å². The van der Waals surface area contributed by atoms with Crippen molar-refractivity contribution in [2.24, 2.45) is 0 Å². The van der Waals surface area contributed by atoms with E-state index in [2.05, 4.69) is 5.32 Å². The lowest BCUT2D eigenvalue weighted by atomic mass is 9.93. The minimum absolute atomic E-state index is 0.113. The number of nitrogens with one attached hydrogen (secondary N) is 1. The third-order valence-electron chi connectivity index (χ3n) is 2.54. The summed E-state index contributed by atoms with van der Waals surface area (Å²) >= 11 is 0. The zero-order valence-electron chi connectivity index (χ0n) is 10.0. The molecule has 0 bridgehead atoms. The van der Waals surface area contributed by atoms with Crippen LogP contribution < -0.4 is 10.4 Å². The van der Waals surface area contributed by atoms with Crippen LogP contribution in [0, 0.1) is 0 Å². The minimum Gasteiger partial charge on any atom is -0.530 e. The van der Waals surface area contributed by atoms with Crippen LogP contribution in [0.3, 0.4) is 0 Å². The van der Waals surface area contributed by atoms with Gasteiger partial charge >= 0.3 is 0 Å². The number of carboxylic acid groups (broad SMARTS) is 1. The van der Waals surface area contributed by atoms with Crippen LogP contribution in [0.25, 0.3) is 11.0 Å². The lowest BCUT2D eigenvalue weighted by molar-refractivity contribution is -0.242. The smallest absolute Gasteiger partial charge is 0.138 e. The molecule has 4 heteroatoms. The van der Waals surface area contributed by atoms with Crippen molar-refractivity contribution in [1.82, 2.24) is 0 Å². The Morgan fingerprint density at radius 1 is 1.35 bits per heavy atom. The quantitative estimate of drug-likeness (QED) is 0.821. The Hall–Kier alpha value is -1.97. The first kappa shape index (κ1) is 11.5. The van der Waals surface area contributed by atoms with Crippen molar-refractivity contribution in [2.75, 3.05) is 5.32 Å². The summed E-state index contributed by atoms with van der Waals surface area (Å²) in [6, 6.07) is 7.09. The van der Waals surface area contributed by atoms with Gasteiger partial charge in [-0.05, 0) is 18.2 Å². The molecular weight excluding hydrogens is 218 g/mol. The molecule has 2 rings (SSSR count). The Morgan fingerprint density at radius 3 is 2.65 bits per heavy atom.